The summed E-state index contributed by atoms with van der Waals surface area (Å²) in [6, 6.07) is -0.131. The van der Waals surface area contributed by atoms with Gasteiger partial charge in [-0.05, 0) is 25.2 Å². The summed E-state index contributed by atoms with van der Waals surface area (Å²) in [5, 5.41) is 8.88. The van der Waals surface area contributed by atoms with E-state index in [-0.39, 0.29) is 30.8 Å². The van der Waals surface area contributed by atoms with Crippen molar-refractivity contribution in [2.24, 2.45) is 5.92 Å². The number of carbonyl (C=O) groups excluding carboxylic acids is 2. The van der Waals surface area contributed by atoms with E-state index >= 15 is 0 Å². The van der Waals surface area contributed by atoms with Crippen LogP contribution in [0.2, 0.25) is 0 Å². The summed E-state index contributed by atoms with van der Waals surface area (Å²) in [5.74, 6) is -0.841. The number of urea groups is 1. The van der Waals surface area contributed by atoms with Gasteiger partial charge in [0.25, 0.3) is 0 Å². The fourth-order valence-corrected chi connectivity index (χ4v) is 3.00. The molecule has 1 unspecified atom stereocenters. The van der Waals surface area contributed by atoms with Crippen LogP contribution in [0.1, 0.15) is 25.7 Å². The molecule has 2 heterocycles. The Hall–Kier alpha value is -1.79. The Kier molecular flexibility index (Phi) is 5.03. The molecule has 0 saturated carbocycles. The van der Waals surface area contributed by atoms with Crippen LogP contribution in [-0.2, 0) is 9.59 Å². The van der Waals surface area contributed by atoms with Gasteiger partial charge >= 0.3 is 12.0 Å². The lowest BCUT2D eigenvalue weighted by molar-refractivity contribution is -0.138. The maximum atomic E-state index is 12.5. The largest absolute Gasteiger partial charge is 0.481 e. The SMILES string of the molecule is CN1CCCN(C(=O)N2CCCC(CC(=O)O)C2)CC1=O. The number of likely N-dealkylation sites (N-methyl/N-ethyl adjacent to an activating group) is 1. The number of carboxylic acid groups (broad SMARTS) is 1. The normalized spacial score (nSPS) is 24.0. The summed E-state index contributed by atoms with van der Waals surface area (Å²) in [6.07, 6.45) is 2.55. The first-order chi connectivity index (χ1) is 9.97. The zero-order chi connectivity index (χ0) is 15.4. The molecule has 2 aliphatic rings. The number of carbonyl (C=O) groups is 3. The van der Waals surface area contributed by atoms with Gasteiger partial charge < -0.3 is 19.8 Å². The Morgan fingerprint density at radius 1 is 1.19 bits per heavy atom. The first-order valence-electron chi connectivity index (χ1n) is 7.47. The van der Waals surface area contributed by atoms with Crippen molar-refractivity contribution >= 4 is 17.9 Å². The number of nitrogens with zero attached hydrogens (tertiary/aromatic N) is 3. The van der Waals surface area contributed by atoms with E-state index in [1.54, 1.807) is 21.7 Å². The molecule has 0 aromatic carbocycles. The van der Waals surface area contributed by atoms with E-state index in [0.717, 1.165) is 19.3 Å². The van der Waals surface area contributed by atoms with Crippen LogP contribution >= 0.6 is 0 Å². The monoisotopic (exact) mass is 297 g/mol. The van der Waals surface area contributed by atoms with Crippen LogP contribution in [0, 0.1) is 5.92 Å². The smallest absolute Gasteiger partial charge is 0.320 e. The number of carboxylic acids is 1. The summed E-state index contributed by atoms with van der Waals surface area (Å²) >= 11 is 0. The van der Waals surface area contributed by atoms with Gasteiger partial charge in [-0.15, -0.1) is 0 Å². The zero-order valence-corrected chi connectivity index (χ0v) is 12.5. The Morgan fingerprint density at radius 2 is 1.90 bits per heavy atom. The highest BCUT2D eigenvalue weighted by molar-refractivity contribution is 5.84. The number of rotatable bonds is 2. The van der Waals surface area contributed by atoms with E-state index in [1.165, 1.54) is 0 Å². The molecule has 118 valence electrons. The predicted octanol–water partition coefficient (Wildman–Crippen LogP) is 0.457. The van der Waals surface area contributed by atoms with Crippen molar-refractivity contribution in [2.45, 2.75) is 25.7 Å². The molecule has 7 nitrogen and oxygen atoms in total. The lowest BCUT2D eigenvalue weighted by Crippen LogP contribution is -2.49. The number of amides is 3. The molecule has 21 heavy (non-hydrogen) atoms. The average Bonchev–Trinajstić information content (AvgIpc) is 2.60. The van der Waals surface area contributed by atoms with Crippen LogP contribution < -0.4 is 0 Å². The van der Waals surface area contributed by atoms with Crippen LogP contribution in [-0.4, -0.2) is 77.5 Å². The van der Waals surface area contributed by atoms with Crippen molar-refractivity contribution in [3.05, 3.63) is 0 Å². The summed E-state index contributed by atoms with van der Waals surface area (Å²) in [6.45, 7) is 2.50. The van der Waals surface area contributed by atoms with Gasteiger partial charge in [0.15, 0.2) is 0 Å². The minimum Gasteiger partial charge on any atom is -0.481 e. The molecule has 2 rings (SSSR count). The lowest BCUT2D eigenvalue weighted by atomic mass is 9.95. The molecule has 1 N–H and O–H groups in total. The van der Waals surface area contributed by atoms with Crippen molar-refractivity contribution < 1.29 is 19.5 Å². The molecule has 0 aromatic rings. The molecule has 2 aliphatic heterocycles. The third-order valence-electron chi connectivity index (χ3n) is 4.20. The lowest BCUT2D eigenvalue weighted by Gasteiger charge is -2.35. The molecule has 7 heteroatoms. The molecule has 0 bridgehead atoms. The van der Waals surface area contributed by atoms with Gasteiger partial charge in [-0.3, -0.25) is 9.59 Å². The first-order valence-corrected chi connectivity index (χ1v) is 7.47. The number of likely N-dealkylation sites (tertiary alicyclic amines) is 1. The summed E-state index contributed by atoms with van der Waals surface area (Å²) in [4.78, 5) is 40.1. The summed E-state index contributed by atoms with van der Waals surface area (Å²) in [7, 11) is 1.75. The molecule has 0 aliphatic carbocycles. The highest BCUT2D eigenvalue weighted by atomic mass is 16.4. The second-order valence-corrected chi connectivity index (χ2v) is 5.93. The van der Waals surface area contributed by atoms with E-state index in [4.69, 9.17) is 5.11 Å². The van der Waals surface area contributed by atoms with E-state index in [1.807, 2.05) is 0 Å². The number of piperidine rings is 1. The zero-order valence-electron chi connectivity index (χ0n) is 12.5. The Labute approximate surface area is 124 Å². The fourth-order valence-electron chi connectivity index (χ4n) is 3.00. The van der Waals surface area contributed by atoms with Gasteiger partial charge in [0.1, 0.15) is 6.54 Å². The van der Waals surface area contributed by atoms with Crippen molar-refractivity contribution in [1.82, 2.24) is 14.7 Å². The van der Waals surface area contributed by atoms with Crippen molar-refractivity contribution in [3.63, 3.8) is 0 Å². The number of hydrogen-bond donors (Lipinski definition) is 1. The topological polar surface area (TPSA) is 81.2 Å². The average molecular weight is 297 g/mol. The molecule has 0 radical (unpaired) electrons. The van der Waals surface area contributed by atoms with Crippen LogP contribution in [0.5, 0.6) is 0 Å². The summed E-state index contributed by atoms with van der Waals surface area (Å²) < 4.78 is 0. The standard InChI is InChI=1S/C14H23N3O4/c1-15-5-3-7-17(10-12(15)18)14(21)16-6-2-4-11(9-16)8-13(19)20/h11H,2-10H2,1H3,(H,19,20). The van der Waals surface area contributed by atoms with Crippen LogP contribution in [0.4, 0.5) is 4.79 Å². The van der Waals surface area contributed by atoms with Crippen LogP contribution in [0.25, 0.3) is 0 Å². The Balaban J connectivity index is 1.95. The maximum absolute atomic E-state index is 12.5. The molecular formula is C14H23N3O4. The second kappa shape index (κ2) is 6.78. The van der Waals surface area contributed by atoms with Crippen molar-refractivity contribution in [3.8, 4) is 0 Å². The van der Waals surface area contributed by atoms with Gasteiger partial charge in [0.05, 0.1) is 0 Å². The van der Waals surface area contributed by atoms with E-state index in [9.17, 15) is 14.4 Å². The molecule has 2 fully saturated rings. The fraction of sp³-hybridized carbons (Fsp3) is 0.786. The van der Waals surface area contributed by atoms with E-state index in [2.05, 4.69) is 0 Å². The van der Waals surface area contributed by atoms with Gasteiger partial charge in [-0.2, -0.15) is 0 Å². The first kappa shape index (κ1) is 15.6. The van der Waals surface area contributed by atoms with E-state index < -0.39 is 5.97 Å². The van der Waals surface area contributed by atoms with Crippen LogP contribution in [0.3, 0.4) is 0 Å². The van der Waals surface area contributed by atoms with Gasteiger partial charge in [-0.25, -0.2) is 4.79 Å². The molecule has 0 spiro atoms. The minimum atomic E-state index is -0.819. The van der Waals surface area contributed by atoms with Crippen LogP contribution in [0.15, 0.2) is 0 Å². The van der Waals surface area contributed by atoms with Crippen molar-refractivity contribution in [2.75, 3.05) is 39.8 Å². The Morgan fingerprint density at radius 3 is 2.62 bits per heavy atom. The van der Waals surface area contributed by atoms with Gasteiger partial charge in [-0.1, -0.05) is 0 Å². The minimum absolute atomic E-state index is 0.0190. The highest BCUT2D eigenvalue weighted by Crippen LogP contribution is 2.21. The third-order valence-corrected chi connectivity index (χ3v) is 4.20. The van der Waals surface area contributed by atoms with Gasteiger partial charge in [0.2, 0.25) is 5.91 Å². The van der Waals surface area contributed by atoms with Crippen molar-refractivity contribution in [1.29, 1.82) is 0 Å². The predicted molar refractivity (Wildman–Crippen MR) is 75.8 cm³/mol. The molecule has 1 atom stereocenters. The molecular weight excluding hydrogens is 274 g/mol. The Bertz CT molecular complexity index is 426. The molecule has 0 aromatic heterocycles. The van der Waals surface area contributed by atoms with Gasteiger partial charge in [0, 0.05) is 39.6 Å². The maximum Gasteiger partial charge on any atom is 0.320 e. The third kappa shape index (κ3) is 4.09. The molecule has 3 amide bonds. The number of hydrogen-bond acceptors (Lipinski definition) is 3. The number of aliphatic carboxylic acids is 1. The quantitative estimate of drug-likeness (QED) is 0.803. The second-order valence-electron chi connectivity index (χ2n) is 5.93. The highest BCUT2D eigenvalue weighted by Gasteiger charge is 2.30. The summed E-state index contributed by atoms with van der Waals surface area (Å²) in [5.41, 5.74) is 0. The van der Waals surface area contributed by atoms with E-state index in [0.29, 0.717) is 26.2 Å². The molecule has 2 saturated heterocycles.